The molecule has 0 aliphatic heterocycles. The predicted molar refractivity (Wildman–Crippen MR) is 94.7 cm³/mol. The molecule has 1 fully saturated rings. The first-order chi connectivity index (χ1) is 11.1. The van der Waals surface area contributed by atoms with Gasteiger partial charge in [-0.25, -0.2) is 0 Å². The summed E-state index contributed by atoms with van der Waals surface area (Å²) < 4.78 is 0. The summed E-state index contributed by atoms with van der Waals surface area (Å²) in [6.07, 6.45) is 7.13. The summed E-state index contributed by atoms with van der Waals surface area (Å²) in [6.45, 7) is 2.97. The number of nitrogens with one attached hydrogen (secondary N) is 1. The van der Waals surface area contributed by atoms with Crippen LogP contribution in [0.4, 0.5) is 0 Å². The van der Waals surface area contributed by atoms with E-state index in [0.29, 0.717) is 12.0 Å². The Kier molecular flexibility index (Phi) is 7.38. The van der Waals surface area contributed by atoms with Crippen LogP contribution in [0.2, 0.25) is 5.02 Å². The third-order valence-corrected chi connectivity index (χ3v) is 5.29. The second-order valence-electron chi connectivity index (χ2n) is 6.71. The molecule has 0 aromatic heterocycles. The molecule has 0 heterocycles. The molecule has 2 N–H and O–H groups in total. The highest BCUT2D eigenvalue weighted by Gasteiger charge is 2.31. The molecule has 4 heteroatoms. The molecule has 23 heavy (non-hydrogen) atoms. The standard InChI is InChI=1S/C19H28ClNO2/c1-2-3-4-18(19(22)23)15-7-11-17(12-8-15)21-13-14-5-9-16(20)10-6-14/h5-6,9-10,15,17-18,21H,2-4,7-8,11-13H2,1H3,(H,22,23). The number of hydrogen-bond acceptors (Lipinski definition) is 2. The molecule has 1 aromatic carbocycles. The Morgan fingerprint density at radius 2 is 1.91 bits per heavy atom. The fraction of sp³-hybridized carbons (Fsp3) is 0.632. The van der Waals surface area contributed by atoms with Gasteiger partial charge in [0.05, 0.1) is 5.92 Å². The molecule has 0 saturated heterocycles. The van der Waals surface area contributed by atoms with Gasteiger partial charge in [-0.3, -0.25) is 4.79 Å². The van der Waals surface area contributed by atoms with Crippen molar-refractivity contribution in [3.05, 3.63) is 34.9 Å². The lowest BCUT2D eigenvalue weighted by Gasteiger charge is -2.32. The van der Waals surface area contributed by atoms with Crippen LogP contribution in [0.3, 0.4) is 0 Å². The summed E-state index contributed by atoms with van der Waals surface area (Å²) in [5.41, 5.74) is 1.24. The van der Waals surface area contributed by atoms with Crippen LogP contribution in [0, 0.1) is 11.8 Å². The highest BCUT2D eigenvalue weighted by atomic mass is 35.5. The van der Waals surface area contributed by atoms with Gasteiger partial charge in [-0.2, -0.15) is 0 Å². The highest BCUT2D eigenvalue weighted by molar-refractivity contribution is 6.30. The maximum atomic E-state index is 11.5. The Morgan fingerprint density at radius 1 is 1.26 bits per heavy atom. The average molecular weight is 338 g/mol. The quantitative estimate of drug-likeness (QED) is 0.710. The molecule has 1 unspecified atom stereocenters. The summed E-state index contributed by atoms with van der Waals surface area (Å²) in [5, 5.41) is 13.8. The zero-order chi connectivity index (χ0) is 16.7. The van der Waals surface area contributed by atoms with E-state index in [1.807, 2.05) is 24.3 Å². The van der Waals surface area contributed by atoms with Crippen LogP contribution >= 0.6 is 11.6 Å². The van der Waals surface area contributed by atoms with Crippen molar-refractivity contribution in [2.24, 2.45) is 11.8 Å². The molecule has 1 aliphatic carbocycles. The monoisotopic (exact) mass is 337 g/mol. The van der Waals surface area contributed by atoms with Crippen molar-refractivity contribution < 1.29 is 9.90 Å². The van der Waals surface area contributed by atoms with E-state index in [-0.39, 0.29) is 5.92 Å². The number of halogens is 1. The molecule has 1 aromatic rings. The van der Waals surface area contributed by atoms with Crippen LogP contribution in [0.25, 0.3) is 0 Å². The molecule has 1 aliphatic rings. The molecule has 2 rings (SSSR count). The maximum Gasteiger partial charge on any atom is 0.306 e. The second kappa shape index (κ2) is 9.29. The van der Waals surface area contributed by atoms with E-state index in [1.165, 1.54) is 5.56 Å². The highest BCUT2D eigenvalue weighted by Crippen LogP contribution is 2.33. The van der Waals surface area contributed by atoms with Gasteiger partial charge >= 0.3 is 5.97 Å². The van der Waals surface area contributed by atoms with Gasteiger partial charge in [0.2, 0.25) is 0 Å². The summed E-state index contributed by atoms with van der Waals surface area (Å²) in [4.78, 5) is 11.5. The first kappa shape index (κ1) is 18.3. The minimum absolute atomic E-state index is 0.146. The van der Waals surface area contributed by atoms with E-state index in [0.717, 1.165) is 56.5 Å². The van der Waals surface area contributed by atoms with Gasteiger partial charge in [0.1, 0.15) is 0 Å². The minimum Gasteiger partial charge on any atom is -0.481 e. The number of hydrogen-bond donors (Lipinski definition) is 2. The van der Waals surface area contributed by atoms with Crippen LogP contribution < -0.4 is 5.32 Å². The van der Waals surface area contributed by atoms with Crippen molar-refractivity contribution in [3.63, 3.8) is 0 Å². The van der Waals surface area contributed by atoms with Gasteiger partial charge in [0.15, 0.2) is 0 Å². The zero-order valence-corrected chi connectivity index (χ0v) is 14.7. The topological polar surface area (TPSA) is 49.3 Å². The van der Waals surface area contributed by atoms with Crippen molar-refractivity contribution in [1.29, 1.82) is 0 Å². The van der Waals surface area contributed by atoms with Crippen LogP contribution in [0.1, 0.15) is 57.4 Å². The van der Waals surface area contributed by atoms with E-state index in [1.54, 1.807) is 0 Å². The minimum atomic E-state index is -0.601. The number of benzene rings is 1. The first-order valence-electron chi connectivity index (χ1n) is 8.80. The normalized spacial score (nSPS) is 22.7. The molecule has 1 saturated carbocycles. The molecule has 3 nitrogen and oxygen atoms in total. The molecule has 0 spiro atoms. The largest absolute Gasteiger partial charge is 0.481 e. The molecular weight excluding hydrogens is 310 g/mol. The van der Waals surface area contributed by atoms with E-state index >= 15 is 0 Å². The first-order valence-corrected chi connectivity index (χ1v) is 9.18. The van der Waals surface area contributed by atoms with E-state index in [9.17, 15) is 9.90 Å². The fourth-order valence-corrected chi connectivity index (χ4v) is 3.70. The molecule has 0 bridgehead atoms. The number of rotatable bonds is 8. The number of carboxylic acids is 1. The van der Waals surface area contributed by atoms with Crippen molar-refractivity contribution in [1.82, 2.24) is 5.32 Å². The third-order valence-electron chi connectivity index (χ3n) is 5.03. The number of carbonyl (C=O) groups is 1. The molecular formula is C19H28ClNO2. The van der Waals surface area contributed by atoms with Crippen LogP contribution in [-0.4, -0.2) is 17.1 Å². The van der Waals surface area contributed by atoms with E-state index in [2.05, 4.69) is 12.2 Å². The molecule has 128 valence electrons. The van der Waals surface area contributed by atoms with Crippen LogP contribution in [0.5, 0.6) is 0 Å². The van der Waals surface area contributed by atoms with Gasteiger partial charge in [-0.05, 0) is 55.7 Å². The predicted octanol–water partition coefficient (Wildman–Crippen LogP) is 4.88. The molecule has 0 radical (unpaired) electrons. The maximum absolute atomic E-state index is 11.5. The summed E-state index contributed by atoms with van der Waals surface area (Å²) in [6, 6.07) is 8.43. The van der Waals surface area contributed by atoms with Crippen molar-refractivity contribution >= 4 is 17.6 Å². The van der Waals surface area contributed by atoms with Crippen molar-refractivity contribution in [2.75, 3.05) is 0 Å². The third kappa shape index (κ3) is 5.82. The number of unbranched alkanes of at least 4 members (excludes halogenated alkanes) is 1. The van der Waals surface area contributed by atoms with Crippen molar-refractivity contribution in [2.45, 2.75) is 64.5 Å². The zero-order valence-electron chi connectivity index (χ0n) is 13.9. The molecule has 0 amide bonds. The SMILES string of the molecule is CCCCC(C(=O)O)C1CCC(NCc2ccc(Cl)cc2)CC1. The summed E-state index contributed by atoms with van der Waals surface area (Å²) >= 11 is 5.90. The van der Waals surface area contributed by atoms with E-state index < -0.39 is 5.97 Å². The van der Waals surface area contributed by atoms with E-state index in [4.69, 9.17) is 11.6 Å². The Morgan fingerprint density at radius 3 is 2.48 bits per heavy atom. The Labute approximate surface area is 144 Å². The van der Waals surface area contributed by atoms with Crippen molar-refractivity contribution in [3.8, 4) is 0 Å². The smallest absolute Gasteiger partial charge is 0.306 e. The van der Waals surface area contributed by atoms with Gasteiger partial charge < -0.3 is 10.4 Å². The Balaban J connectivity index is 1.76. The lowest BCUT2D eigenvalue weighted by atomic mass is 9.76. The Hall–Kier alpha value is -1.06. The second-order valence-corrected chi connectivity index (χ2v) is 7.14. The summed E-state index contributed by atoms with van der Waals surface area (Å²) in [7, 11) is 0. The fourth-order valence-electron chi connectivity index (χ4n) is 3.57. The van der Waals surface area contributed by atoms with Gasteiger partial charge in [0, 0.05) is 17.6 Å². The van der Waals surface area contributed by atoms with Crippen LogP contribution in [-0.2, 0) is 11.3 Å². The van der Waals surface area contributed by atoms with Crippen LogP contribution in [0.15, 0.2) is 24.3 Å². The van der Waals surface area contributed by atoms with Gasteiger partial charge in [-0.15, -0.1) is 0 Å². The number of aliphatic carboxylic acids is 1. The lowest BCUT2D eigenvalue weighted by Crippen LogP contribution is -2.36. The molecule has 1 atom stereocenters. The lowest BCUT2D eigenvalue weighted by molar-refractivity contribution is -0.144. The van der Waals surface area contributed by atoms with Gasteiger partial charge in [0.25, 0.3) is 0 Å². The average Bonchev–Trinajstić information content (AvgIpc) is 2.55. The van der Waals surface area contributed by atoms with Gasteiger partial charge in [-0.1, -0.05) is 43.5 Å². The Bertz CT molecular complexity index is 481. The number of carboxylic acid groups (broad SMARTS) is 1. The summed E-state index contributed by atoms with van der Waals surface area (Å²) in [5.74, 6) is -0.393.